The predicted molar refractivity (Wildman–Crippen MR) is 140 cm³/mol. The molecule has 0 aromatic heterocycles. The molecule has 0 saturated carbocycles. The Morgan fingerprint density at radius 3 is 1.97 bits per heavy atom. The van der Waals surface area contributed by atoms with Crippen LogP contribution in [0.5, 0.6) is 0 Å². The van der Waals surface area contributed by atoms with E-state index in [9.17, 15) is 13.2 Å². The summed E-state index contributed by atoms with van der Waals surface area (Å²) in [5.41, 5.74) is 2.86. The number of nitrogens with zero attached hydrogens (tertiary/aromatic N) is 3. The molecule has 1 aliphatic heterocycles. The molecule has 0 radical (unpaired) electrons. The molecule has 35 heavy (non-hydrogen) atoms. The van der Waals surface area contributed by atoms with Gasteiger partial charge in [0.1, 0.15) is 6.54 Å². The Bertz CT molecular complexity index is 1210. The molecule has 0 spiro atoms. The third-order valence-electron chi connectivity index (χ3n) is 6.43. The first-order valence-corrected chi connectivity index (χ1v) is 13.5. The molecule has 7 heteroatoms. The number of amides is 1. The number of anilines is 1. The summed E-state index contributed by atoms with van der Waals surface area (Å²) >= 11 is 0. The maximum atomic E-state index is 13.6. The van der Waals surface area contributed by atoms with E-state index in [-0.39, 0.29) is 17.3 Å². The van der Waals surface area contributed by atoms with E-state index < -0.39 is 10.0 Å². The number of sulfonamides is 1. The van der Waals surface area contributed by atoms with E-state index in [1.807, 2.05) is 30.3 Å². The molecule has 0 atom stereocenters. The Kier molecular flexibility index (Phi) is 7.88. The summed E-state index contributed by atoms with van der Waals surface area (Å²) in [4.78, 5) is 17.6. The summed E-state index contributed by atoms with van der Waals surface area (Å²) in [7, 11) is -3.90. The monoisotopic (exact) mass is 491 g/mol. The number of rotatable bonds is 8. The average Bonchev–Trinajstić information content (AvgIpc) is 2.88. The second-order valence-electron chi connectivity index (χ2n) is 9.21. The first-order chi connectivity index (χ1) is 16.8. The van der Waals surface area contributed by atoms with Crippen LogP contribution in [0.25, 0.3) is 0 Å². The maximum absolute atomic E-state index is 13.6. The smallest absolute Gasteiger partial charge is 0.264 e. The van der Waals surface area contributed by atoms with Crippen LogP contribution in [-0.2, 0) is 21.4 Å². The molecule has 4 rings (SSSR count). The van der Waals surface area contributed by atoms with Gasteiger partial charge in [-0.1, -0.05) is 74.5 Å². The third-order valence-corrected chi connectivity index (χ3v) is 8.22. The van der Waals surface area contributed by atoms with E-state index in [2.05, 4.69) is 30.9 Å². The fourth-order valence-electron chi connectivity index (χ4n) is 4.28. The van der Waals surface area contributed by atoms with Crippen molar-refractivity contribution < 1.29 is 13.2 Å². The summed E-state index contributed by atoms with van der Waals surface area (Å²) in [5, 5.41) is 0. The van der Waals surface area contributed by atoms with E-state index in [0.29, 0.717) is 24.7 Å². The van der Waals surface area contributed by atoms with Gasteiger partial charge in [-0.15, -0.1) is 0 Å². The Morgan fingerprint density at radius 2 is 1.40 bits per heavy atom. The molecule has 1 heterocycles. The van der Waals surface area contributed by atoms with Gasteiger partial charge in [-0.3, -0.25) is 14.0 Å². The highest BCUT2D eigenvalue weighted by Crippen LogP contribution is 2.26. The second kappa shape index (κ2) is 11.1. The van der Waals surface area contributed by atoms with Crippen molar-refractivity contribution in [3.63, 3.8) is 0 Å². The molecule has 1 saturated heterocycles. The van der Waals surface area contributed by atoms with Crippen LogP contribution in [0.1, 0.15) is 30.9 Å². The maximum Gasteiger partial charge on any atom is 0.264 e. The van der Waals surface area contributed by atoms with Crippen molar-refractivity contribution >= 4 is 21.6 Å². The minimum absolute atomic E-state index is 0.174. The van der Waals surface area contributed by atoms with E-state index in [1.54, 1.807) is 47.4 Å². The summed E-state index contributed by atoms with van der Waals surface area (Å²) in [5.74, 6) is 0.147. The van der Waals surface area contributed by atoms with Crippen LogP contribution in [0.3, 0.4) is 0 Å². The highest BCUT2D eigenvalue weighted by Gasteiger charge is 2.30. The first-order valence-electron chi connectivity index (χ1n) is 12.1. The third kappa shape index (κ3) is 6.10. The molecule has 1 fully saturated rings. The fourth-order valence-corrected chi connectivity index (χ4v) is 5.72. The van der Waals surface area contributed by atoms with Gasteiger partial charge >= 0.3 is 0 Å². The molecule has 0 bridgehead atoms. The summed E-state index contributed by atoms with van der Waals surface area (Å²) in [6.07, 6.45) is 0. The molecular formula is C28H33N3O3S. The Hall–Kier alpha value is -3.16. The molecule has 3 aromatic rings. The summed E-state index contributed by atoms with van der Waals surface area (Å²) < 4.78 is 28.4. The van der Waals surface area contributed by atoms with Crippen molar-refractivity contribution in [2.45, 2.75) is 31.2 Å². The predicted octanol–water partition coefficient (Wildman–Crippen LogP) is 4.35. The molecule has 6 nitrogen and oxygen atoms in total. The topological polar surface area (TPSA) is 60.9 Å². The van der Waals surface area contributed by atoms with E-state index >= 15 is 0 Å². The van der Waals surface area contributed by atoms with Crippen LogP contribution < -0.4 is 4.31 Å². The lowest BCUT2D eigenvalue weighted by Crippen LogP contribution is -2.51. The van der Waals surface area contributed by atoms with Crippen molar-refractivity contribution in [1.82, 2.24) is 9.80 Å². The van der Waals surface area contributed by atoms with Gasteiger partial charge < -0.3 is 4.90 Å². The van der Waals surface area contributed by atoms with Crippen molar-refractivity contribution in [1.29, 1.82) is 0 Å². The van der Waals surface area contributed by atoms with Gasteiger partial charge in [-0.2, -0.15) is 0 Å². The molecule has 0 unspecified atom stereocenters. The molecule has 1 amide bonds. The highest BCUT2D eigenvalue weighted by molar-refractivity contribution is 7.92. The molecule has 0 N–H and O–H groups in total. The number of hydrogen-bond acceptors (Lipinski definition) is 4. The quantitative estimate of drug-likeness (QED) is 0.470. The Morgan fingerprint density at radius 1 is 0.829 bits per heavy atom. The van der Waals surface area contributed by atoms with Gasteiger partial charge in [0.2, 0.25) is 5.91 Å². The molecular weight excluding hydrogens is 458 g/mol. The molecule has 3 aromatic carbocycles. The molecule has 184 valence electrons. The van der Waals surface area contributed by atoms with Crippen LogP contribution in [0, 0.1) is 0 Å². The van der Waals surface area contributed by atoms with Crippen molar-refractivity contribution in [3.05, 3.63) is 96.1 Å². The van der Waals surface area contributed by atoms with Crippen LogP contribution in [0.4, 0.5) is 5.69 Å². The molecule has 1 aliphatic rings. The van der Waals surface area contributed by atoms with Crippen LogP contribution >= 0.6 is 0 Å². The molecule has 0 aliphatic carbocycles. The fraction of sp³-hybridized carbons (Fsp3) is 0.321. The van der Waals surface area contributed by atoms with Gasteiger partial charge in [0.25, 0.3) is 10.0 Å². The standard InChI is InChI=1S/C28H33N3O3S/c1-23(2)25-13-15-26(16-14-25)31(35(33,34)27-11-7-4-8-12-27)22-28(32)30-19-17-29(18-20-30)21-24-9-5-3-6-10-24/h3-16,23H,17-22H2,1-2H3. The van der Waals surface area contributed by atoms with Crippen LogP contribution in [0.15, 0.2) is 89.8 Å². The van der Waals surface area contributed by atoms with Gasteiger partial charge in [0.05, 0.1) is 10.6 Å². The Labute approximate surface area is 208 Å². The van der Waals surface area contributed by atoms with E-state index in [4.69, 9.17) is 0 Å². The minimum atomic E-state index is -3.90. The second-order valence-corrected chi connectivity index (χ2v) is 11.1. The zero-order chi connectivity index (χ0) is 24.8. The lowest BCUT2D eigenvalue weighted by Gasteiger charge is -2.36. The summed E-state index contributed by atoms with van der Waals surface area (Å²) in [6.45, 7) is 7.48. The lowest BCUT2D eigenvalue weighted by molar-refractivity contribution is -0.131. The first kappa shape index (κ1) is 24.9. The number of piperazine rings is 1. The largest absolute Gasteiger partial charge is 0.339 e. The van der Waals surface area contributed by atoms with Gasteiger partial charge in [-0.25, -0.2) is 8.42 Å². The van der Waals surface area contributed by atoms with Crippen LogP contribution in [0.2, 0.25) is 0 Å². The zero-order valence-electron chi connectivity index (χ0n) is 20.4. The number of benzene rings is 3. The normalized spacial score (nSPS) is 14.8. The van der Waals surface area contributed by atoms with Crippen molar-refractivity contribution in [2.24, 2.45) is 0 Å². The van der Waals surface area contributed by atoms with Gasteiger partial charge in [0, 0.05) is 32.7 Å². The minimum Gasteiger partial charge on any atom is -0.339 e. The number of carbonyl (C=O) groups excluding carboxylic acids is 1. The highest BCUT2D eigenvalue weighted by atomic mass is 32.2. The van der Waals surface area contributed by atoms with Crippen molar-refractivity contribution in [2.75, 3.05) is 37.0 Å². The average molecular weight is 492 g/mol. The van der Waals surface area contributed by atoms with E-state index in [1.165, 1.54) is 9.87 Å². The SMILES string of the molecule is CC(C)c1ccc(N(CC(=O)N2CCN(Cc3ccccc3)CC2)S(=O)(=O)c2ccccc2)cc1. The lowest BCUT2D eigenvalue weighted by atomic mass is 10.0. The van der Waals surface area contributed by atoms with Gasteiger partial charge in [-0.05, 0) is 41.3 Å². The number of hydrogen-bond donors (Lipinski definition) is 0. The summed E-state index contributed by atoms with van der Waals surface area (Å²) in [6, 6.07) is 26.0. The Balaban J connectivity index is 1.49. The van der Waals surface area contributed by atoms with Crippen molar-refractivity contribution in [3.8, 4) is 0 Å². The number of carbonyl (C=O) groups is 1. The zero-order valence-corrected chi connectivity index (χ0v) is 21.2. The van der Waals surface area contributed by atoms with Crippen LogP contribution in [-0.4, -0.2) is 56.8 Å². The van der Waals surface area contributed by atoms with Gasteiger partial charge in [0.15, 0.2) is 0 Å². The van der Waals surface area contributed by atoms with E-state index in [0.717, 1.165) is 25.2 Å².